The molecular formula is C15H23N3O2. The minimum Gasteiger partial charge on any atom is -0.449 e. The van der Waals surface area contributed by atoms with Gasteiger partial charge in [-0.1, -0.05) is 27.7 Å². The summed E-state index contributed by atoms with van der Waals surface area (Å²) in [4.78, 5) is 22.5. The molecule has 1 aromatic heterocycles. The average Bonchev–Trinajstić information content (AvgIpc) is 2.43. The van der Waals surface area contributed by atoms with Gasteiger partial charge in [0.2, 0.25) is 0 Å². The van der Waals surface area contributed by atoms with Crippen molar-refractivity contribution in [2.75, 3.05) is 13.2 Å². The van der Waals surface area contributed by atoms with Gasteiger partial charge in [-0.3, -0.25) is 0 Å². The van der Waals surface area contributed by atoms with Gasteiger partial charge in [0.05, 0.1) is 24.5 Å². The van der Waals surface area contributed by atoms with Crippen LogP contribution in [-0.4, -0.2) is 34.1 Å². The van der Waals surface area contributed by atoms with E-state index in [0.29, 0.717) is 31.5 Å². The summed E-state index contributed by atoms with van der Waals surface area (Å²) in [6.45, 7) is 9.97. The van der Waals surface area contributed by atoms with Gasteiger partial charge in [-0.2, -0.15) is 0 Å². The number of nitrogens with zero attached hydrogens (tertiary/aromatic N) is 3. The lowest BCUT2D eigenvalue weighted by Gasteiger charge is -2.29. The maximum atomic E-state index is 12.1. The molecule has 0 aliphatic carbocycles. The van der Waals surface area contributed by atoms with E-state index in [1.54, 1.807) is 11.2 Å². The van der Waals surface area contributed by atoms with Crippen LogP contribution in [0.1, 0.15) is 50.6 Å². The van der Waals surface area contributed by atoms with Gasteiger partial charge in [-0.15, -0.1) is 0 Å². The Morgan fingerprint density at radius 1 is 1.35 bits per heavy atom. The Balaban J connectivity index is 2.11. The van der Waals surface area contributed by atoms with Crippen molar-refractivity contribution in [2.24, 2.45) is 5.92 Å². The number of hydrogen-bond acceptors (Lipinski definition) is 4. The van der Waals surface area contributed by atoms with Crippen molar-refractivity contribution in [3.05, 3.63) is 23.3 Å². The number of aromatic nitrogens is 2. The molecule has 110 valence electrons. The van der Waals surface area contributed by atoms with E-state index in [4.69, 9.17) is 4.74 Å². The highest BCUT2D eigenvalue weighted by Gasteiger charge is 2.26. The number of carbonyl (C=O) groups excluding carboxylic acids is 1. The van der Waals surface area contributed by atoms with Crippen LogP contribution >= 0.6 is 0 Å². The summed E-state index contributed by atoms with van der Waals surface area (Å²) in [6.07, 6.45) is 2.16. The molecule has 0 bridgehead atoms. The van der Waals surface area contributed by atoms with Gasteiger partial charge in [0.15, 0.2) is 0 Å². The molecule has 0 radical (unpaired) electrons. The molecule has 1 aliphatic heterocycles. The lowest BCUT2D eigenvalue weighted by Crippen LogP contribution is -2.38. The fourth-order valence-corrected chi connectivity index (χ4v) is 2.35. The number of amides is 1. The van der Waals surface area contributed by atoms with Crippen molar-refractivity contribution >= 4 is 6.09 Å². The third-order valence-corrected chi connectivity index (χ3v) is 3.38. The van der Waals surface area contributed by atoms with E-state index in [1.165, 1.54) is 0 Å². The minimum atomic E-state index is -0.233. The first kappa shape index (κ1) is 14.8. The number of carbonyl (C=O) groups is 1. The average molecular weight is 277 g/mol. The quantitative estimate of drug-likeness (QED) is 0.852. The van der Waals surface area contributed by atoms with Gasteiger partial charge in [0.25, 0.3) is 0 Å². The smallest absolute Gasteiger partial charge is 0.410 e. The fraction of sp³-hybridized carbons (Fsp3) is 0.667. The maximum absolute atomic E-state index is 12.1. The summed E-state index contributed by atoms with van der Waals surface area (Å²) in [5.41, 5.74) is 3.20. The summed E-state index contributed by atoms with van der Waals surface area (Å²) in [5.74, 6) is 0.684. The minimum absolute atomic E-state index is 0.233. The van der Waals surface area contributed by atoms with E-state index in [-0.39, 0.29) is 6.09 Å². The van der Waals surface area contributed by atoms with Crippen LogP contribution in [-0.2, 0) is 17.7 Å². The fourth-order valence-electron chi connectivity index (χ4n) is 2.35. The van der Waals surface area contributed by atoms with Crippen LogP contribution in [0, 0.1) is 5.92 Å². The van der Waals surface area contributed by atoms with Crippen LogP contribution in [0.15, 0.2) is 6.33 Å². The lowest BCUT2D eigenvalue weighted by atomic mass is 9.98. The molecule has 0 spiro atoms. The second kappa shape index (κ2) is 6.20. The zero-order valence-corrected chi connectivity index (χ0v) is 12.7. The van der Waals surface area contributed by atoms with Crippen LogP contribution in [0.2, 0.25) is 0 Å². The number of fused-ring (bicyclic) bond motifs is 1. The number of rotatable bonds is 3. The molecule has 5 nitrogen and oxygen atoms in total. The Hall–Kier alpha value is -1.65. The van der Waals surface area contributed by atoms with Gasteiger partial charge in [0, 0.05) is 18.5 Å². The normalized spacial score (nSPS) is 14.6. The zero-order valence-electron chi connectivity index (χ0n) is 12.7. The monoisotopic (exact) mass is 277 g/mol. The van der Waals surface area contributed by atoms with Crippen molar-refractivity contribution in [1.29, 1.82) is 0 Å². The molecule has 1 aromatic rings. The highest BCUT2D eigenvalue weighted by atomic mass is 16.6. The van der Waals surface area contributed by atoms with Gasteiger partial charge in [-0.25, -0.2) is 14.8 Å². The van der Waals surface area contributed by atoms with Crippen LogP contribution in [0.4, 0.5) is 4.79 Å². The maximum Gasteiger partial charge on any atom is 0.410 e. The predicted molar refractivity (Wildman–Crippen MR) is 76.4 cm³/mol. The Kier molecular flexibility index (Phi) is 4.57. The molecular weight excluding hydrogens is 254 g/mol. The Bertz CT molecular complexity index is 486. The third-order valence-electron chi connectivity index (χ3n) is 3.38. The molecule has 2 rings (SSSR count). The molecule has 1 aliphatic rings. The first-order valence-electron chi connectivity index (χ1n) is 7.23. The highest BCUT2D eigenvalue weighted by molar-refractivity contribution is 5.68. The van der Waals surface area contributed by atoms with Gasteiger partial charge < -0.3 is 9.64 Å². The van der Waals surface area contributed by atoms with E-state index < -0.39 is 0 Å². The summed E-state index contributed by atoms with van der Waals surface area (Å²) in [7, 11) is 0. The van der Waals surface area contributed by atoms with Gasteiger partial charge >= 0.3 is 6.09 Å². The molecule has 5 heteroatoms. The molecule has 1 amide bonds. The molecule has 20 heavy (non-hydrogen) atoms. The molecule has 0 unspecified atom stereocenters. The summed E-state index contributed by atoms with van der Waals surface area (Å²) < 4.78 is 5.30. The molecule has 0 atom stereocenters. The first-order chi connectivity index (χ1) is 9.49. The van der Waals surface area contributed by atoms with Crippen molar-refractivity contribution in [1.82, 2.24) is 14.9 Å². The standard InChI is InChI=1S/C15H23N3O2/c1-10(2)8-20-15(19)18-6-5-13-12(7-18)14(11(3)4)17-9-16-13/h9-11H,5-8H2,1-4H3. The van der Waals surface area contributed by atoms with Crippen molar-refractivity contribution in [3.63, 3.8) is 0 Å². The third kappa shape index (κ3) is 3.26. The molecule has 0 fully saturated rings. The molecule has 0 N–H and O–H groups in total. The zero-order chi connectivity index (χ0) is 14.7. The topological polar surface area (TPSA) is 55.3 Å². The van der Waals surface area contributed by atoms with Crippen LogP contribution < -0.4 is 0 Å². The Morgan fingerprint density at radius 2 is 2.10 bits per heavy atom. The molecule has 2 heterocycles. The van der Waals surface area contributed by atoms with E-state index in [9.17, 15) is 4.79 Å². The Labute approximate surface area is 120 Å². The van der Waals surface area contributed by atoms with Gasteiger partial charge in [0.1, 0.15) is 6.33 Å². The van der Waals surface area contributed by atoms with E-state index in [1.807, 2.05) is 13.8 Å². The van der Waals surface area contributed by atoms with E-state index in [2.05, 4.69) is 23.8 Å². The molecule has 0 saturated carbocycles. The van der Waals surface area contributed by atoms with Crippen LogP contribution in [0.25, 0.3) is 0 Å². The second-order valence-corrected chi connectivity index (χ2v) is 5.98. The SMILES string of the molecule is CC(C)COC(=O)N1CCc2ncnc(C(C)C)c2C1. The summed E-state index contributed by atoms with van der Waals surface area (Å²) in [5, 5.41) is 0. The van der Waals surface area contributed by atoms with Crippen molar-refractivity contribution in [3.8, 4) is 0 Å². The predicted octanol–water partition coefficient (Wildman–Crippen LogP) is 2.75. The molecule has 0 saturated heterocycles. The number of hydrogen-bond donors (Lipinski definition) is 0. The van der Waals surface area contributed by atoms with Crippen LogP contribution in [0.5, 0.6) is 0 Å². The Morgan fingerprint density at radius 3 is 2.75 bits per heavy atom. The number of ether oxygens (including phenoxy) is 1. The van der Waals surface area contributed by atoms with E-state index in [0.717, 1.165) is 23.4 Å². The van der Waals surface area contributed by atoms with Gasteiger partial charge in [-0.05, 0) is 11.8 Å². The lowest BCUT2D eigenvalue weighted by molar-refractivity contribution is 0.0874. The van der Waals surface area contributed by atoms with Crippen LogP contribution in [0.3, 0.4) is 0 Å². The summed E-state index contributed by atoms with van der Waals surface area (Å²) >= 11 is 0. The highest BCUT2D eigenvalue weighted by Crippen LogP contribution is 2.24. The summed E-state index contributed by atoms with van der Waals surface area (Å²) in [6, 6.07) is 0. The van der Waals surface area contributed by atoms with E-state index >= 15 is 0 Å². The molecule has 0 aromatic carbocycles. The first-order valence-corrected chi connectivity index (χ1v) is 7.23. The largest absolute Gasteiger partial charge is 0.449 e. The van der Waals surface area contributed by atoms with Crippen molar-refractivity contribution in [2.45, 2.75) is 46.6 Å². The van der Waals surface area contributed by atoms with Crippen molar-refractivity contribution < 1.29 is 9.53 Å². The second-order valence-electron chi connectivity index (χ2n) is 5.98.